The first-order chi connectivity index (χ1) is 7.35. The fraction of sp³-hybridized carbons (Fsp3) is 0.846. The summed E-state index contributed by atoms with van der Waals surface area (Å²) in [7, 11) is 0. The molecule has 0 fully saturated rings. The molecule has 0 aromatic carbocycles. The maximum absolute atomic E-state index is 5.40. The van der Waals surface area contributed by atoms with Gasteiger partial charge in [0.2, 0.25) is 0 Å². The summed E-state index contributed by atoms with van der Waals surface area (Å²) in [5, 5.41) is 0. The Morgan fingerprint density at radius 3 is 2.13 bits per heavy atom. The van der Waals surface area contributed by atoms with Gasteiger partial charge in [0.25, 0.3) is 0 Å². The molecule has 0 saturated carbocycles. The van der Waals surface area contributed by atoms with Crippen LogP contribution in [0.2, 0.25) is 0 Å². The highest BCUT2D eigenvalue weighted by Gasteiger charge is 2.00. The van der Waals surface area contributed by atoms with Gasteiger partial charge in [-0.15, -0.1) is 0 Å². The van der Waals surface area contributed by atoms with Crippen LogP contribution in [0.25, 0.3) is 0 Å². The lowest BCUT2D eigenvalue weighted by atomic mass is 10.1. The van der Waals surface area contributed by atoms with E-state index in [2.05, 4.69) is 13.0 Å². The monoisotopic (exact) mass is 214 g/mol. The molecule has 2 heteroatoms. The SMILES string of the molecule is CCCCCCC=CC(OCC)OCC. The first-order valence-electron chi connectivity index (χ1n) is 6.24. The van der Waals surface area contributed by atoms with Crippen LogP contribution in [0.5, 0.6) is 0 Å². The molecule has 2 nitrogen and oxygen atoms in total. The molecule has 0 rings (SSSR count). The highest BCUT2D eigenvalue weighted by Crippen LogP contribution is 2.04. The summed E-state index contributed by atoms with van der Waals surface area (Å²) < 4.78 is 10.8. The van der Waals surface area contributed by atoms with E-state index < -0.39 is 0 Å². The molecule has 0 aliphatic heterocycles. The van der Waals surface area contributed by atoms with Crippen LogP contribution >= 0.6 is 0 Å². The number of unbranched alkanes of at least 4 members (excludes halogenated alkanes) is 4. The van der Waals surface area contributed by atoms with Gasteiger partial charge in [0.1, 0.15) is 0 Å². The van der Waals surface area contributed by atoms with Gasteiger partial charge >= 0.3 is 0 Å². The quantitative estimate of drug-likeness (QED) is 0.312. The van der Waals surface area contributed by atoms with E-state index in [9.17, 15) is 0 Å². The van der Waals surface area contributed by atoms with Crippen molar-refractivity contribution in [3.63, 3.8) is 0 Å². The molecule has 0 heterocycles. The van der Waals surface area contributed by atoms with Gasteiger partial charge in [-0.3, -0.25) is 0 Å². The van der Waals surface area contributed by atoms with E-state index in [4.69, 9.17) is 9.47 Å². The fourth-order valence-electron chi connectivity index (χ4n) is 1.38. The molecule has 0 saturated heterocycles. The standard InChI is InChI=1S/C13H26O2/c1-4-7-8-9-10-11-12-13(14-5-2)15-6-3/h11-13H,4-10H2,1-3H3. The van der Waals surface area contributed by atoms with Crippen LogP contribution in [0.4, 0.5) is 0 Å². The Kier molecular flexibility index (Phi) is 11.5. The van der Waals surface area contributed by atoms with Crippen LogP contribution in [0.3, 0.4) is 0 Å². The maximum atomic E-state index is 5.40. The van der Waals surface area contributed by atoms with Crippen molar-refractivity contribution in [3.05, 3.63) is 12.2 Å². The van der Waals surface area contributed by atoms with Crippen LogP contribution in [-0.2, 0) is 9.47 Å². The van der Waals surface area contributed by atoms with E-state index in [0.29, 0.717) is 13.2 Å². The summed E-state index contributed by atoms with van der Waals surface area (Å²) in [5.41, 5.74) is 0. The summed E-state index contributed by atoms with van der Waals surface area (Å²) in [6.45, 7) is 7.61. The number of hydrogen-bond donors (Lipinski definition) is 0. The Hall–Kier alpha value is -0.340. The molecule has 0 bridgehead atoms. The molecule has 0 atom stereocenters. The van der Waals surface area contributed by atoms with Gasteiger partial charge in [-0.2, -0.15) is 0 Å². The second-order valence-corrected chi connectivity index (χ2v) is 3.56. The lowest BCUT2D eigenvalue weighted by Crippen LogP contribution is -2.14. The first kappa shape index (κ1) is 14.7. The van der Waals surface area contributed by atoms with Gasteiger partial charge in [0.05, 0.1) is 0 Å². The van der Waals surface area contributed by atoms with Gasteiger partial charge in [0, 0.05) is 13.2 Å². The minimum Gasteiger partial charge on any atom is -0.349 e. The lowest BCUT2D eigenvalue weighted by Gasteiger charge is -2.12. The molecule has 0 aliphatic carbocycles. The number of rotatable bonds is 10. The Morgan fingerprint density at radius 2 is 1.60 bits per heavy atom. The van der Waals surface area contributed by atoms with Crippen molar-refractivity contribution in [3.8, 4) is 0 Å². The van der Waals surface area contributed by atoms with Gasteiger partial charge in [-0.25, -0.2) is 0 Å². The molecule has 0 radical (unpaired) electrons. The minimum absolute atomic E-state index is 0.147. The van der Waals surface area contributed by atoms with E-state index in [1.54, 1.807) is 0 Å². The molecule has 0 N–H and O–H groups in total. The zero-order valence-electron chi connectivity index (χ0n) is 10.5. The van der Waals surface area contributed by atoms with Crippen molar-refractivity contribution in [1.29, 1.82) is 0 Å². The summed E-state index contributed by atoms with van der Waals surface area (Å²) in [6, 6.07) is 0. The van der Waals surface area contributed by atoms with E-state index in [1.807, 2.05) is 19.9 Å². The number of hydrogen-bond acceptors (Lipinski definition) is 2. The normalized spacial score (nSPS) is 11.7. The Bertz CT molecular complexity index is 137. The third-order valence-corrected chi connectivity index (χ3v) is 2.18. The zero-order valence-corrected chi connectivity index (χ0v) is 10.5. The third kappa shape index (κ3) is 9.95. The molecule has 0 amide bonds. The van der Waals surface area contributed by atoms with Crippen molar-refractivity contribution in [2.45, 2.75) is 59.2 Å². The lowest BCUT2D eigenvalue weighted by molar-refractivity contribution is -0.104. The summed E-state index contributed by atoms with van der Waals surface area (Å²) >= 11 is 0. The highest BCUT2D eigenvalue weighted by molar-refractivity contribution is 4.85. The van der Waals surface area contributed by atoms with Gasteiger partial charge < -0.3 is 9.47 Å². The summed E-state index contributed by atoms with van der Waals surface area (Å²) in [5.74, 6) is 0. The second kappa shape index (κ2) is 11.7. The largest absolute Gasteiger partial charge is 0.349 e. The summed E-state index contributed by atoms with van der Waals surface area (Å²) in [6.07, 6.45) is 10.4. The Labute approximate surface area is 94.7 Å². The molecule has 0 aliphatic rings. The maximum Gasteiger partial charge on any atom is 0.176 e. The van der Waals surface area contributed by atoms with Crippen LogP contribution < -0.4 is 0 Å². The Balaban J connectivity index is 3.50. The minimum atomic E-state index is -0.147. The molecule has 0 unspecified atom stereocenters. The first-order valence-corrected chi connectivity index (χ1v) is 6.24. The zero-order chi connectivity index (χ0) is 11.4. The van der Waals surface area contributed by atoms with Crippen molar-refractivity contribution < 1.29 is 9.47 Å². The molecule has 0 spiro atoms. The average molecular weight is 214 g/mol. The van der Waals surface area contributed by atoms with Crippen LogP contribution in [0.15, 0.2) is 12.2 Å². The molecular formula is C13H26O2. The Morgan fingerprint density at radius 1 is 0.933 bits per heavy atom. The van der Waals surface area contributed by atoms with E-state index in [0.717, 1.165) is 6.42 Å². The van der Waals surface area contributed by atoms with Gasteiger partial charge in [0.15, 0.2) is 6.29 Å². The fourth-order valence-corrected chi connectivity index (χ4v) is 1.38. The van der Waals surface area contributed by atoms with Crippen LogP contribution in [0, 0.1) is 0 Å². The topological polar surface area (TPSA) is 18.5 Å². The smallest absolute Gasteiger partial charge is 0.176 e. The molecular weight excluding hydrogens is 188 g/mol. The predicted molar refractivity (Wildman–Crippen MR) is 64.9 cm³/mol. The molecule has 90 valence electrons. The van der Waals surface area contributed by atoms with Crippen molar-refractivity contribution in [1.82, 2.24) is 0 Å². The van der Waals surface area contributed by atoms with E-state index in [-0.39, 0.29) is 6.29 Å². The van der Waals surface area contributed by atoms with E-state index >= 15 is 0 Å². The van der Waals surface area contributed by atoms with E-state index in [1.165, 1.54) is 25.7 Å². The van der Waals surface area contributed by atoms with Crippen LogP contribution in [-0.4, -0.2) is 19.5 Å². The molecule has 15 heavy (non-hydrogen) atoms. The molecule has 0 aromatic rings. The van der Waals surface area contributed by atoms with Crippen LogP contribution in [0.1, 0.15) is 52.9 Å². The van der Waals surface area contributed by atoms with Crippen molar-refractivity contribution in [2.75, 3.05) is 13.2 Å². The average Bonchev–Trinajstić information content (AvgIpc) is 2.24. The van der Waals surface area contributed by atoms with Crippen molar-refractivity contribution in [2.24, 2.45) is 0 Å². The second-order valence-electron chi connectivity index (χ2n) is 3.56. The number of allylic oxidation sites excluding steroid dienone is 1. The predicted octanol–water partition coefficient (Wildman–Crippen LogP) is 3.91. The van der Waals surface area contributed by atoms with Gasteiger partial charge in [-0.05, 0) is 32.8 Å². The summed E-state index contributed by atoms with van der Waals surface area (Å²) in [4.78, 5) is 0. The molecule has 0 aromatic heterocycles. The highest BCUT2D eigenvalue weighted by atomic mass is 16.7. The van der Waals surface area contributed by atoms with Gasteiger partial charge in [-0.1, -0.05) is 32.3 Å². The third-order valence-electron chi connectivity index (χ3n) is 2.18. The van der Waals surface area contributed by atoms with Crippen molar-refractivity contribution >= 4 is 0 Å². The number of ether oxygens (including phenoxy) is 2.